The Bertz CT molecular complexity index is 418. The lowest BCUT2D eigenvalue weighted by atomic mass is 10.4. The highest BCUT2D eigenvalue weighted by Gasteiger charge is 2.32. The van der Waals surface area contributed by atoms with Gasteiger partial charge in [0.2, 0.25) is 5.88 Å². The minimum Gasteiger partial charge on any atom is -0.389 e. The van der Waals surface area contributed by atoms with Crippen LogP contribution in [0.4, 0.5) is 13.2 Å². The van der Waals surface area contributed by atoms with Crippen LogP contribution in [0.5, 0.6) is 5.88 Å². The molecule has 0 fully saturated rings. The van der Waals surface area contributed by atoms with Crippen molar-refractivity contribution in [3.05, 3.63) is 25.6 Å². The second-order valence-electron chi connectivity index (χ2n) is 2.48. The number of rotatable bonds is 2. The van der Waals surface area contributed by atoms with E-state index in [0.717, 1.165) is 6.07 Å². The zero-order chi connectivity index (χ0) is 11.6. The predicted molar refractivity (Wildman–Crippen MR) is 56.0 cm³/mol. The summed E-state index contributed by atoms with van der Waals surface area (Å²) in [7, 11) is 0. The molecule has 0 spiro atoms. The summed E-state index contributed by atoms with van der Waals surface area (Å²) in [5.74, 6) is -0.730. The molecule has 0 aliphatic heterocycles. The van der Waals surface area contributed by atoms with Crippen molar-refractivity contribution in [3.63, 3.8) is 0 Å². The fourth-order valence-electron chi connectivity index (χ4n) is 0.828. The van der Waals surface area contributed by atoms with E-state index in [0.29, 0.717) is 0 Å². The third-order valence-electron chi connectivity index (χ3n) is 1.36. The van der Waals surface area contributed by atoms with Gasteiger partial charge in [-0.25, -0.2) is 0 Å². The summed E-state index contributed by atoms with van der Waals surface area (Å²) in [6.07, 6.45) is -4.84. The molecule has 0 aliphatic rings. The minimum atomic E-state index is -4.84. The summed E-state index contributed by atoms with van der Waals surface area (Å²) in [5.41, 5.74) is -0.398. The van der Waals surface area contributed by atoms with Gasteiger partial charge in [-0.2, -0.15) is 0 Å². The Kier molecular flexibility index (Phi) is 3.87. The van der Waals surface area contributed by atoms with Crippen LogP contribution >= 0.6 is 34.2 Å². The summed E-state index contributed by atoms with van der Waals surface area (Å²) in [6, 6.07) is 1.12. The largest absolute Gasteiger partial charge is 0.574 e. The van der Waals surface area contributed by atoms with E-state index in [1.54, 1.807) is 0 Å². The Balaban J connectivity index is 3.17. The molecule has 1 heterocycles. The van der Waals surface area contributed by atoms with Gasteiger partial charge in [0.15, 0.2) is 5.43 Å². The van der Waals surface area contributed by atoms with E-state index in [1.165, 1.54) is 22.6 Å². The number of hydrogen-bond donors (Lipinski definition) is 1. The van der Waals surface area contributed by atoms with Crippen molar-refractivity contribution < 1.29 is 17.9 Å². The van der Waals surface area contributed by atoms with Crippen LogP contribution in [0.2, 0.25) is 0 Å². The van der Waals surface area contributed by atoms with Crippen LogP contribution in [0.3, 0.4) is 0 Å². The zero-order valence-corrected chi connectivity index (χ0v) is 9.90. The average molecular weight is 353 g/mol. The number of nitrogens with one attached hydrogen (secondary N) is 1. The molecule has 0 aromatic carbocycles. The van der Waals surface area contributed by atoms with Gasteiger partial charge in [-0.15, -0.1) is 24.8 Å². The highest BCUT2D eigenvalue weighted by Crippen LogP contribution is 2.24. The first-order valence-corrected chi connectivity index (χ1v) is 5.18. The maximum absolute atomic E-state index is 11.9. The SMILES string of the molecule is O=c1cc(CCl)[nH]c(OC(F)(F)F)c1I. The summed E-state index contributed by atoms with van der Waals surface area (Å²) in [4.78, 5) is 13.4. The first-order chi connectivity index (χ1) is 6.83. The predicted octanol–water partition coefficient (Wildman–Crippen LogP) is 2.62. The van der Waals surface area contributed by atoms with Crippen molar-refractivity contribution in [2.75, 3.05) is 0 Å². The highest BCUT2D eigenvalue weighted by atomic mass is 127. The summed E-state index contributed by atoms with van der Waals surface area (Å²) in [6.45, 7) is 0. The van der Waals surface area contributed by atoms with Crippen LogP contribution in [-0.2, 0) is 5.88 Å². The maximum Gasteiger partial charge on any atom is 0.574 e. The lowest BCUT2D eigenvalue weighted by Gasteiger charge is -2.10. The average Bonchev–Trinajstić information content (AvgIpc) is 2.10. The Morgan fingerprint density at radius 1 is 1.53 bits per heavy atom. The van der Waals surface area contributed by atoms with Crippen molar-refractivity contribution in [1.82, 2.24) is 4.98 Å². The third-order valence-corrected chi connectivity index (χ3v) is 2.67. The fourth-order valence-corrected chi connectivity index (χ4v) is 1.37. The molecule has 15 heavy (non-hydrogen) atoms. The van der Waals surface area contributed by atoms with E-state index in [9.17, 15) is 18.0 Å². The molecule has 0 saturated carbocycles. The van der Waals surface area contributed by atoms with Crippen molar-refractivity contribution in [2.24, 2.45) is 0 Å². The minimum absolute atomic E-state index is 0.0968. The maximum atomic E-state index is 11.9. The molecule has 0 atom stereocenters. The van der Waals surface area contributed by atoms with Crippen molar-refractivity contribution in [1.29, 1.82) is 0 Å². The Labute approximate surface area is 101 Å². The summed E-state index contributed by atoms with van der Waals surface area (Å²) in [5, 5.41) is 0. The molecule has 0 radical (unpaired) electrons. The van der Waals surface area contributed by atoms with Gasteiger partial charge >= 0.3 is 6.36 Å². The molecule has 0 unspecified atom stereocenters. The van der Waals surface area contributed by atoms with E-state index in [-0.39, 0.29) is 15.1 Å². The number of hydrogen-bond acceptors (Lipinski definition) is 2. The molecular formula is C7H4ClF3INO2. The number of H-pyrrole nitrogens is 1. The standard InChI is InChI=1S/C7H4ClF3INO2/c8-2-3-1-4(14)5(12)6(13-3)15-7(9,10)11/h1H,2H2,(H,13,14). The number of aromatic nitrogens is 1. The van der Waals surface area contributed by atoms with Crippen molar-refractivity contribution in [3.8, 4) is 5.88 Å². The lowest BCUT2D eigenvalue weighted by molar-refractivity contribution is -0.276. The van der Waals surface area contributed by atoms with Gasteiger partial charge in [0.1, 0.15) is 3.57 Å². The lowest BCUT2D eigenvalue weighted by Crippen LogP contribution is -2.21. The number of ether oxygens (including phenoxy) is 1. The van der Waals surface area contributed by atoms with Crippen LogP contribution in [0.15, 0.2) is 10.9 Å². The van der Waals surface area contributed by atoms with E-state index >= 15 is 0 Å². The van der Waals surface area contributed by atoms with Crippen LogP contribution in [0.1, 0.15) is 5.69 Å². The van der Waals surface area contributed by atoms with Gasteiger partial charge in [-0.3, -0.25) is 4.79 Å². The van der Waals surface area contributed by atoms with E-state index in [2.05, 4.69) is 9.72 Å². The van der Waals surface area contributed by atoms with Crippen molar-refractivity contribution in [2.45, 2.75) is 12.2 Å². The molecule has 0 amide bonds. The zero-order valence-electron chi connectivity index (χ0n) is 6.99. The topological polar surface area (TPSA) is 42.1 Å². The molecule has 0 bridgehead atoms. The van der Waals surface area contributed by atoms with Crippen LogP contribution in [0, 0.1) is 3.57 Å². The molecule has 8 heteroatoms. The quantitative estimate of drug-likeness (QED) is 0.656. The first-order valence-electron chi connectivity index (χ1n) is 3.57. The van der Waals surface area contributed by atoms with E-state index < -0.39 is 17.7 Å². The molecular weight excluding hydrogens is 349 g/mol. The number of pyridine rings is 1. The second-order valence-corrected chi connectivity index (χ2v) is 3.83. The van der Waals surface area contributed by atoms with Crippen LogP contribution in [0.25, 0.3) is 0 Å². The van der Waals surface area contributed by atoms with E-state index in [4.69, 9.17) is 11.6 Å². The molecule has 1 aromatic heterocycles. The van der Waals surface area contributed by atoms with Gasteiger partial charge in [-0.05, 0) is 22.6 Å². The molecule has 1 N–H and O–H groups in total. The summed E-state index contributed by atoms with van der Waals surface area (Å²) < 4.78 is 39.2. The van der Waals surface area contributed by atoms with Crippen LogP contribution < -0.4 is 10.2 Å². The van der Waals surface area contributed by atoms with E-state index in [1.807, 2.05) is 0 Å². The highest BCUT2D eigenvalue weighted by molar-refractivity contribution is 14.1. The molecule has 0 aliphatic carbocycles. The van der Waals surface area contributed by atoms with Crippen LogP contribution in [-0.4, -0.2) is 11.3 Å². The van der Waals surface area contributed by atoms with Crippen molar-refractivity contribution >= 4 is 34.2 Å². The van der Waals surface area contributed by atoms with Gasteiger partial charge in [0, 0.05) is 11.8 Å². The van der Waals surface area contributed by atoms with Gasteiger partial charge in [-0.1, -0.05) is 0 Å². The fraction of sp³-hybridized carbons (Fsp3) is 0.286. The molecule has 1 rings (SSSR count). The smallest absolute Gasteiger partial charge is 0.389 e. The van der Waals surface area contributed by atoms with Gasteiger partial charge < -0.3 is 9.72 Å². The third kappa shape index (κ3) is 3.56. The number of halogens is 5. The van der Waals surface area contributed by atoms with Gasteiger partial charge in [0.25, 0.3) is 0 Å². The first kappa shape index (κ1) is 12.6. The molecule has 84 valence electrons. The normalized spacial score (nSPS) is 11.5. The Morgan fingerprint density at radius 2 is 2.13 bits per heavy atom. The molecule has 0 saturated heterocycles. The van der Waals surface area contributed by atoms with Gasteiger partial charge in [0.05, 0.1) is 5.88 Å². The summed E-state index contributed by atoms with van der Waals surface area (Å²) >= 11 is 6.85. The molecule has 3 nitrogen and oxygen atoms in total. The second kappa shape index (κ2) is 4.60. The Hall–Kier alpha value is -0.440. The number of aromatic amines is 1. The monoisotopic (exact) mass is 353 g/mol. The molecule has 1 aromatic rings. The Morgan fingerprint density at radius 3 is 2.60 bits per heavy atom. The number of alkyl halides is 4.